The maximum atomic E-state index is 13.0. The highest BCUT2D eigenvalue weighted by Gasteiger charge is 2.22. The fourth-order valence-electron chi connectivity index (χ4n) is 2.36. The van der Waals surface area contributed by atoms with Crippen molar-refractivity contribution in [2.45, 2.75) is 46.6 Å². The SMILES string of the molecule is Cc1ccc(N(CCC#N)C(=O)c2cnn(C(C)(C)C)c2)cc1C. The number of nitriles is 1. The van der Waals surface area contributed by atoms with Crippen molar-refractivity contribution in [1.29, 1.82) is 5.26 Å². The monoisotopic (exact) mass is 324 g/mol. The Balaban J connectivity index is 2.36. The van der Waals surface area contributed by atoms with E-state index in [4.69, 9.17) is 5.26 Å². The summed E-state index contributed by atoms with van der Waals surface area (Å²) in [5, 5.41) is 13.2. The zero-order valence-corrected chi connectivity index (χ0v) is 15.0. The number of aromatic nitrogens is 2. The lowest BCUT2D eigenvalue weighted by Gasteiger charge is -2.22. The minimum atomic E-state index is -0.184. The fourth-order valence-corrected chi connectivity index (χ4v) is 2.36. The zero-order chi connectivity index (χ0) is 17.9. The zero-order valence-electron chi connectivity index (χ0n) is 15.0. The Morgan fingerprint density at radius 1 is 1.29 bits per heavy atom. The Bertz CT molecular complexity index is 777. The lowest BCUT2D eigenvalue weighted by molar-refractivity contribution is 0.0987. The smallest absolute Gasteiger partial charge is 0.261 e. The summed E-state index contributed by atoms with van der Waals surface area (Å²) in [4.78, 5) is 14.6. The van der Waals surface area contributed by atoms with Gasteiger partial charge in [0.05, 0.1) is 29.8 Å². The van der Waals surface area contributed by atoms with Gasteiger partial charge in [-0.05, 0) is 57.9 Å². The molecule has 1 heterocycles. The third-order valence-corrected chi connectivity index (χ3v) is 4.01. The molecule has 2 aromatic rings. The van der Waals surface area contributed by atoms with Gasteiger partial charge in [-0.1, -0.05) is 6.07 Å². The summed E-state index contributed by atoms with van der Waals surface area (Å²) in [6, 6.07) is 8.02. The molecule has 2 rings (SSSR count). The molecule has 0 radical (unpaired) electrons. The van der Waals surface area contributed by atoms with E-state index < -0.39 is 0 Å². The Morgan fingerprint density at radius 2 is 2.00 bits per heavy atom. The lowest BCUT2D eigenvalue weighted by atomic mass is 10.1. The van der Waals surface area contributed by atoms with Crippen LogP contribution in [0.5, 0.6) is 0 Å². The molecule has 0 aliphatic heterocycles. The van der Waals surface area contributed by atoms with E-state index in [1.54, 1.807) is 22.0 Å². The van der Waals surface area contributed by atoms with E-state index >= 15 is 0 Å². The van der Waals surface area contributed by atoms with Gasteiger partial charge in [-0.25, -0.2) is 0 Å². The molecule has 1 amide bonds. The van der Waals surface area contributed by atoms with Gasteiger partial charge in [-0.3, -0.25) is 9.48 Å². The molecule has 1 aromatic carbocycles. The molecule has 0 N–H and O–H groups in total. The van der Waals surface area contributed by atoms with Crippen LogP contribution >= 0.6 is 0 Å². The van der Waals surface area contributed by atoms with E-state index in [-0.39, 0.29) is 17.9 Å². The first-order valence-corrected chi connectivity index (χ1v) is 8.05. The number of aryl methyl sites for hydroxylation is 2. The Labute approximate surface area is 143 Å². The van der Waals surface area contributed by atoms with Crippen LogP contribution in [0.15, 0.2) is 30.6 Å². The van der Waals surface area contributed by atoms with Crippen molar-refractivity contribution in [2.24, 2.45) is 0 Å². The molecule has 126 valence electrons. The molecule has 24 heavy (non-hydrogen) atoms. The highest BCUT2D eigenvalue weighted by Crippen LogP contribution is 2.22. The van der Waals surface area contributed by atoms with Crippen LogP contribution in [0.1, 0.15) is 48.7 Å². The molecule has 0 saturated carbocycles. The first-order chi connectivity index (χ1) is 11.2. The Kier molecular flexibility index (Phi) is 5.08. The van der Waals surface area contributed by atoms with Crippen LogP contribution in [0.25, 0.3) is 0 Å². The predicted molar refractivity (Wildman–Crippen MR) is 95.0 cm³/mol. The minimum absolute atomic E-state index is 0.135. The highest BCUT2D eigenvalue weighted by atomic mass is 16.2. The van der Waals surface area contributed by atoms with Gasteiger partial charge in [0, 0.05) is 18.4 Å². The molecule has 0 saturated heterocycles. The normalized spacial score (nSPS) is 11.2. The van der Waals surface area contributed by atoms with Gasteiger partial charge in [0.15, 0.2) is 0 Å². The van der Waals surface area contributed by atoms with Crippen molar-refractivity contribution < 1.29 is 4.79 Å². The average Bonchev–Trinajstić information content (AvgIpc) is 3.01. The Hall–Kier alpha value is -2.61. The summed E-state index contributed by atoms with van der Waals surface area (Å²) in [6.07, 6.45) is 3.64. The molecule has 0 spiro atoms. The summed E-state index contributed by atoms with van der Waals surface area (Å²) in [7, 11) is 0. The van der Waals surface area contributed by atoms with Crippen molar-refractivity contribution in [1.82, 2.24) is 9.78 Å². The summed E-state index contributed by atoms with van der Waals surface area (Å²) in [5.74, 6) is -0.135. The molecule has 0 aliphatic rings. The van der Waals surface area contributed by atoms with Crippen molar-refractivity contribution in [3.63, 3.8) is 0 Å². The standard InChI is InChI=1S/C19H24N4O/c1-14-7-8-17(11-15(14)2)22(10-6-9-20)18(24)16-12-21-23(13-16)19(3,4)5/h7-8,11-13H,6,10H2,1-5H3. The van der Waals surface area contributed by atoms with E-state index in [0.29, 0.717) is 12.1 Å². The minimum Gasteiger partial charge on any atom is -0.307 e. The van der Waals surface area contributed by atoms with Crippen molar-refractivity contribution in [3.05, 3.63) is 47.3 Å². The number of anilines is 1. The Morgan fingerprint density at radius 3 is 2.54 bits per heavy atom. The second-order valence-electron chi connectivity index (χ2n) is 6.98. The molecule has 0 atom stereocenters. The second kappa shape index (κ2) is 6.88. The molecule has 0 fully saturated rings. The number of rotatable bonds is 4. The van der Waals surface area contributed by atoms with Gasteiger partial charge in [0.1, 0.15) is 0 Å². The first-order valence-electron chi connectivity index (χ1n) is 8.05. The fraction of sp³-hybridized carbons (Fsp3) is 0.421. The molecule has 5 heteroatoms. The van der Waals surface area contributed by atoms with Crippen LogP contribution in [-0.2, 0) is 5.54 Å². The van der Waals surface area contributed by atoms with E-state index in [1.165, 1.54) is 5.56 Å². The second-order valence-corrected chi connectivity index (χ2v) is 6.98. The molecule has 0 unspecified atom stereocenters. The van der Waals surface area contributed by atoms with Gasteiger partial charge >= 0.3 is 0 Å². The molecular formula is C19H24N4O. The maximum Gasteiger partial charge on any atom is 0.261 e. The molecule has 5 nitrogen and oxygen atoms in total. The van der Waals surface area contributed by atoms with Gasteiger partial charge in [-0.15, -0.1) is 0 Å². The van der Waals surface area contributed by atoms with Gasteiger partial charge in [0.25, 0.3) is 5.91 Å². The van der Waals surface area contributed by atoms with Crippen molar-refractivity contribution in [2.75, 3.05) is 11.4 Å². The van der Waals surface area contributed by atoms with E-state index in [1.807, 2.05) is 52.8 Å². The molecular weight excluding hydrogens is 300 g/mol. The van der Waals surface area contributed by atoms with Crippen LogP contribution in [-0.4, -0.2) is 22.2 Å². The number of nitrogens with zero attached hydrogens (tertiary/aromatic N) is 4. The summed E-state index contributed by atoms with van der Waals surface area (Å²) >= 11 is 0. The third kappa shape index (κ3) is 3.83. The number of carbonyl (C=O) groups is 1. The summed E-state index contributed by atoms with van der Waals surface area (Å²) in [5.41, 5.74) is 3.44. The highest BCUT2D eigenvalue weighted by molar-refractivity contribution is 6.05. The van der Waals surface area contributed by atoms with Crippen LogP contribution in [0, 0.1) is 25.2 Å². The van der Waals surface area contributed by atoms with E-state index in [0.717, 1.165) is 11.3 Å². The first kappa shape index (κ1) is 17.7. The van der Waals surface area contributed by atoms with Crippen molar-refractivity contribution >= 4 is 11.6 Å². The summed E-state index contributed by atoms with van der Waals surface area (Å²) in [6.45, 7) is 10.5. The molecule has 1 aromatic heterocycles. The number of amides is 1. The van der Waals surface area contributed by atoms with Crippen LogP contribution in [0.4, 0.5) is 5.69 Å². The van der Waals surface area contributed by atoms with Gasteiger partial charge in [-0.2, -0.15) is 10.4 Å². The number of carbonyl (C=O) groups excluding carboxylic acids is 1. The van der Waals surface area contributed by atoms with E-state index in [9.17, 15) is 4.79 Å². The largest absolute Gasteiger partial charge is 0.307 e. The average molecular weight is 324 g/mol. The molecule has 0 bridgehead atoms. The van der Waals surface area contributed by atoms with Crippen molar-refractivity contribution in [3.8, 4) is 6.07 Å². The molecule has 0 aliphatic carbocycles. The van der Waals surface area contributed by atoms with E-state index in [2.05, 4.69) is 11.2 Å². The van der Waals surface area contributed by atoms with Crippen LogP contribution < -0.4 is 4.90 Å². The predicted octanol–water partition coefficient (Wildman–Crippen LogP) is 3.82. The maximum absolute atomic E-state index is 13.0. The van der Waals surface area contributed by atoms with Crippen LogP contribution in [0.3, 0.4) is 0 Å². The van der Waals surface area contributed by atoms with Gasteiger partial charge in [0.2, 0.25) is 0 Å². The van der Waals surface area contributed by atoms with Crippen LogP contribution in [0.2, 0.25) is 0 Å². The number of hydrogen-bond donors (Lipinski definition) is 0. The quantitative estimate of drug-likeness (QED) is 0.859. The topological polar surface area (TPSA) is 61.9 Å². The van der Waals surface area contributed by atoms with Gasteiger partial charge < -0.3 is 4.90 Å². The lowest BCUT2D eigenvalue weighted by Crippen LogP contribution is -2.32. The number of benzene rings is 1. The third-order valence-electron chi connectivity index (χ3n) is 4.01. The summed E-state index contributed by atoms with van der Waals surface area (Å²) < 4.78 is 1.78. The number of hydrogen-bond acceptors (Lipinski definition) is 3.